The van der Waals surface area contributed by atoms with Crippen LogP contribution in [0.2, 0.25) is 0 Å². The maximum atomic E-state index is 13.9. The van der Waals surface area contributed by atoms with Gasteiger partial charge in [-0.25, -0.2) is 18.6 Å². The lowest BCUT2D eigenvalue weighted by Crippen LogP contribution is -2.54. The van der Waals surface area contributed by atoms with Crippen LogP contribution in [-0.4, -0.2) is 50.4 Å². The fraction of sp³-hybridized carbons (Fsp3) is 0.259. The lowest BCUT2D eigenvalue weighted by atomic mass is 10.0. The molecule has 2 unspecified atom stereocenters. The first-order valence-corrected chi connectivity index (χ1v) is 14.5. The number of carbonyl (C=O) groups excluding carboxylic acids is 2. The van der Waals surface area contributed by atoms with Crippen LogP contribution in [0, 0.1) is 11.6 Å². The Morgan fingerprint density at radius 3 is 2.73 bits per heavy atom. The maximum Gasteiger partial charge on any atom is 0.358 e. The third-order valence-corrected chi connectivity index (χ3v) is 8.66. The third-order valence-electron chi connectivity index (χ3n) is 6.62. The van der Waals surface area contributed by atoms with Gasteiger partial charge in [0.2, 0.25) is 5.91 Å². The molecule has 5 rings (SSSR count). The molecule has 4 aromatic rings. The molecule has 0 radical (unpaired) electrons. The van der Waals surface area contributed by atoms with Gasteiger partial charge in [0, 0.05) is 38.0 Å². The van der Waals surface area contributed by atoms with Crippen LogP contribution in [0.15, 0.2) is 66.3 Å². The number of amides is 3. The van der Waals surface area contributed by atoms with Crippen molar-refractivity contribution in [2.45, 2.75) is 31.3 Å². The Balaban J connectivity index is 1.33. The molecular weight excluding hydrogens is 558 g/mol. The summed E-state index contributed by atoms with van der Waals surface area (Å²) in [5.74, 6) is -2.14. The largest absolute Gasteiger partial charge is 0.573 e. The lowest BCUT2D eigenvalue weighted by Gasteiger charge is -2.27. The Morgan fingerprint density at radius 2 is 1.98 bits per heavy atom. The predicted octanol–water partition coefficient (Wildman–Crippen LogP) is 4.26. The SMILES string of the molecule is CN(C(=O)[C@H](Cc1cc(F)cc(F)c1)NC(=O)N[S+]([O-])N1CCCC1c1ccccn1)c1ccc2scnc2c1. The molecular formula is C27H26F2N6O3S2. The van der Waals surface area contributed by atoms with Crippen LogP contribution >= 0.6 is 11.3 Å². The van der Waals surface area contributed by atoms with Crippen molar-refractivity contribution in [2.75, 3.05) is 18.5 Å². The van der Waals surface area contributed by atoms with E-state index in [2.05, 4.69) is 20.0 Å². The molecule has 40 heavy (non-hydrogen) atoms. The van der Waals surface area contributed by atoms with E-state index in [0.717, 1.165) is 41.4 Å². The molecule has 1 fully saturated rings. The van der Waals surface area contributed by atoms with Gasteiger partial charge in [-0.05, 0) is 60.9 Å². The highest BCUT2D eigenvalue weighted by molar-refractivity contribution is 7.87. The van der Waals surface area contributed by atoms with Crippen LogP contribution in [0.5, 0.6) is 0 Å². The van der Waals surface area contributed by atoms with E-state index in [-0.39, 0.29) is 18.0 Å². The molecule has 1 aliphatic heterocycles. The number of aromatic nitrogens is 2. The van der Waals surface area contributed by atoms with Crippen molar-refractivity contribution in [3.8, 4) is 0 Å². The maximum absolute atomic E-state index is 13.9. The zero-order chi connectivity index (χ0) is 28.2. The number of nitrogens with zero attached hydrogens (tertiary/aromatic N) is 4. The molecule has 0 bridgehead atoms. The summed E-state index contributed by atoms with van der Waals surface area (Å²) in [7, 11) is 1.54. The van der Waals surface area contributed by atoms with Gasteiger partial charge < -0.3 is 14.8 Å². The summed E-state index contributed by atoms with van der Waals surface area (Å²) in [6, 6.07) is 11.4. The van der Waals surface area contributed by atoms with E-state index in [1.165, 1.54) is 23.3 Å². The Hall–Kier alpha value is -3.65. The van der Waals surface area contributed by atoms with E-state index in [0.29, 0.717) is 17.7 Å². The molecule has 3 heterocycles. The Bertz CT molecular complexity index is 1490. The van der Waals surface area contributed by atoms with Gasteiger partial charge in [-0.15, -0.1) is 16.1 Å². The van der Waals surface area contributed by atoms with Gasteiger partial charge in [0.1, 0.15) is 17.7 Å². The van der Waals surface area contributed by atoms with E-state index in [1.807, 2.05) is 18.2 Å². The predicted molar refractivity (Wildman–Crippen MR) is 150 cm³/mol. The van der Waals surface area contributed by atoms with Crippen molar-refractivity contribution < 1.29 is 22.9 Å². The number of hydrogen-bond acceptors (Lipinski definition) is 7. The van der Waals surface area contributed by atoms with E-state index in [9.17, 15) is 22.9 Å². The van der Waals surface area contributed by atoms with Crippen molar-refractivity contribution in [2.24, 2.45) is 0 Å². The van der Waals surface area contributed by atoms with Gasteiger partial charge in [-0.3, -0.25) is 9.78 Å². The van der Waals surface area contributed by atoms with Crippen LogP contribution < -0.4 is 14.9 Å². The van der Waals surface area contributed by atoms with Gasteiger partial charge in [-0.1, -0.05) is 10.4 Å². The summed E-state index contributed by atoms with van der Waals surface area (Å²) in [5, 5.41) is 2.56. The van der Waals surface area contributed by atoms with Crippen molar-refractivity contribution in [3.63, 3.8) is 0 Å². The standard InChI is InChI=1S/C27H26F2N6O3S2/c1-34(20-7-8-25-22(15-20)31-16-39-25)26(36)23(13-17-11-18(28)14-19(29)12-17)32-27(37)33-40(38)35-10-4-6-24(35)21-5-2-3-9-30-21/h2-3,5,7-9,11-12,14-16,23-24H,4,6,10,13H2,1H3,(H2,32,33,37)/t23-,24?,40?/m0/s1. The van der Waals surface area contributed by atoms with Crippen molar-refractivity contribution in [3.05, 3.63) is 89.2 Å². The molecule has 2 aromatic heterocycles. The minimum atomic E-state index is -1.92. The van der Waals surface area contributed by atoms with Crippen LogP contribution in [0.4, 0.5) is 19.3 Å². The summed E-state index contributed by atoms with van der Waals surface area (Å²) in [6.07, 6.45) is 2.96. The quantitative estimate of drug-likeness (QED) is 0.299. The molecule has 3 atom stereocenters. The van der Waals surface area contributed by atoms with Crippen molar-refractivity contribution in [1.82, 2.24) is 24.3 Å². The highest BCUT2D eigenvalue weighted by Crippen LogP contribution is 2.32. The Morgan fingerprint density at radius 1 is 1.18 bits per heavy atom. The summed E-state index contributed by atoms with van der Waals surface area (Å²) < 4.78 is 45.9. The van der Waals surface area contributed by atoms with E-state index in [1.54, 1.807) is 34.2 Å². The number of anilines is 1. The molecule has 0 saturated carbocycles. The molecule has 208 valence electrons. The number of benzene rings is 2. The number of hydrogen-bond donors (Lipinski definition) is 2. The number of fused-ring (bicyclic) bond motifs is 1. The normalized spacial score (nSPS) is 16.9. The second-order valence-corrected chi connectivity index (χ2v) is 11.4. The Kier molecular flexibility index (Phi) is 8.54. The van der Waals surface area contributed by atoms with Crippen LogP contribution in [-0.2, 0) is 22.8 Å². The molecule has 0 spiro atoms. The number of rotatable bonds is 8. The zero-order valence-corrected chi connectivity index (χ0v) is 23.1. The number of urea groups is 1. The average molecular weight is 585 g/mol. The Labute approximate surface area is 236 Å². The number of nitrogens with one attached hydrogen (secondary N) is 2. The molecule has 3 amide bonds. The van der Waals surface area contributed by atoms with Crippen LogP contribution in [0.25, 0.3) is 10.2 Å². The summed E-state index contributed by atoms with van der Waals surface area (Å²) in [6.45, 7) is 0.487. The average Bonchev–Trinajstić information content (AvgIpc) is 3.61. The number of halogens is 2. The first kappa shape index (κ1) is 27.9. The second kappa shape index (κ2) is 12.3. The summed E-state index contributed by atoms with van der Waals surface area (Å²) in [4.78, 5) is 36.6. The first-order valence-electron chi connectivity index (χ1n) is 12.5. The monoisotopic (exact) mass is 584 g/mol. The molecule has 9 nitrogen and oxygen atoms in total. The number of carbonyl (C=O) groups is 2. The first-order chi connectivity index (χ1) is 19.3. The van der Waals surface area contributed by atoms with Gasteiger partial charge in [0.15, 0.2) is 11.5 Å². The van der Waals surface area contributed by atoms with Crippen molar-refractivity contribution >= 4 is 50.7 Å². The fourth-order valence-corrected chi connectivity index (χ4v) is 6.45. The number of likely N-dealkylation sites (N-methyl/N-ethyl adjacent to an activating group) is 1. The van der Waals surface area contributed by atoms with E-state index >= 15 is 0 Å². The molecule has 1 aliphatic rings. The third kappa shape index (κ3) is 6.39. The van der Waals surface area contributed by atoms with Gasteiger partial charge >= 0.3 is 6.03 Å². The fourth-order valence-electron chi connectivity index (χ4n) is 4.71. The molecule has 13 heteroatoms. The minimum absolute atomic E-state index is 0.176. The second-order valence-electron chi connectivity index (χ2n) is 9.31. The molecule has 0 aliphatic carbocycles. The highest BCUT2D eigenvalue weighted by Gasteiger charge is 2.38. The minimum Gasteiger partial charge on any atom is -0.573 e. The number of pyridine rings is 1. The van der Waals surface area contributed by atoms with E-state index < -0.39 is 41.2 Å². The highest BCUT2D eigenvalue weighted by atomic mass is 32.2. The van der Waals surface area contributed by atoms with Gasteiger partial charge in [0.25, 0.3) is 0 Å². The van der Waals surface area contributed by atoms with Gasteiger partial charge in [0.05, 0.1) is 27.5 Å². The van der Waals surface area contributed by atoms with E-state index in [4.69, 9.17) is 0 Å². The zero-order valence-electron chi connectivity index (χ0n) is 21.4. The van der Waals surface area contributed by atoms with Crippen molar-refractivity contribution in [1.29, 1.82) is 0 Å². The van der Waals surface area contributed by atoms with Gasteiger partial charge in [-0.2, -0.15) is 0 Å². The van der Waals surface area contributed by atoms with Crippen LogP contribution in [0.1, 0.15) is 30.1 Å². The lowest BCUT2D eigenvalue weighted by molar-refractivity contribution is -0.120. The van der Waals surface area contributed by atoms with Crippen LogP contribution in [0.3, 0.4) is 0 Å². The topological polar surface area (TPSA) is 114 Å². The molecule has 1 saturated heterocycles. The molecule has 2 aromatic carbocycles. The smallest absolute Gasteiger partial charge is 0.358 e. The summed E-state index contributed by atoms with van der Waals surface area (Å²) >= 11 is -0.456. The molecule has 2 N–H and O–H groups in total. The number of thiazole rings is 1. The summed E-state index contributed by atoms with van der Waals surface area (Å²) in [5.41, 5.74) is 3.85.